The predicted molar refractivity (Wildman–Crippen MR) is 116 cm³/mol. The molecular formula is C25H29N3O2. The Morgan fingerprint density at radius 3 is 2.17 bits per heavy atom. The first kappa shape index (κ1) is 19.3. The Bertz CT molecular complexity index is 903. The number of aromatic nitrogens is 1. The zero-order valence-electron chi connectivity index (χ0n) is 17.4. The fraction of sp³-hybridized carbons (Fsp3) is 0.480. The van der Waals surface area contributed by atoms with E-state index in [4.69, 9.17) is 0 Å². The molecule has 1 aromatic heterocycles. The van der Waals surface area contributed by atoms with E-state index < -0.39 is 6.04 Å². The molecule has 0 saturated heterocycles. The second kappa shape index (κ2) is 7.53. The number of aryl methyl sites for hydroxylation is 1. The number of hydrogen-bond acceptors (Lipinski definition) is 3. The van der Waals surface area contributed by atoms with Crippen LogP contribution >= 0.6 is 0 Å². The van der Waals surface area contributed by atoms with E-state index in [0.717, 1.165) is 24.8 Å². The average molecular weight is 404 g/mol. The van der Waals surface area contributed by atoms with Crippen LogP contribution in [0, 0.1) is 30.1 Å². The first-order valence-corrected chi connectivity index (χ1v) is 11.1. The second-order valence-electron chi connectivity index (χ2n) is 9.76. The Morgan fingerprint density at radius 2 is 1.60 bits per heavy atom. The molecular weight excluding hydrogens is 374 g/mol. The summed E-state index contributed by atoms with van der Waals surface area (Å²) < 4.78 is 0. The number of carbonyl (C=O) groups is 2. The van der Waals surface area contributed by atoms with Crippen LogP contribution in [0.15, 0.2) is 48.7 Å². The van der Waals surface area contributed by atoms with Crippen LogP contribution < -0.4 is 10.6 Å². The lowest BCUT2D eigenvalue weighted by molar-refractivity contribution is -0.129. The summed E-state index contributed by atoms with van der Waals surface area (Å²) in [5.41, 5.74) is 1.56. The highest BCUT2D eigenvalue weighted by Crippen LogP contribution is 2.61. The van der Waals surface area contributed by atoms with E-state index in [0.29, 0.717) is 29.1 Å². The van der Waals surface area contributed by atoms with Crippen molar-refractivity contribution in [3.05, 3.63) is 59.8 Å². The first-order valence-electron chi connectivity index (χ1n) is 11.1. The van der Waals surface area contributed by atoms with E-state index >= 15 is 0 Å². The molecule has 2 aromatic rings. The number of amides is 2. The third-order valence-corrected chi connectivity index (χ3v) is 7.47. The molecule has 4 fully saturated rings. The molecule has 0 radical (unpaired) electrons. The molecule has 0 aliphatic heterocycles. The summed E-state index contributed by atoms with van der Waals surface area (Å²) in [5, 5.41) is 6.12. The van der Waals surface area contributed by atoms with E-state index in [1.165, 1.54) is 19.3 Å². The molecule has 1 heterocycles. The lowest BCUT2D eigenvalue weighted by Crippen LogP contribution is -2.61. The van der Waals surface area contributed by atoms with Crippen molar-refractivity contribution in [2.24, 2.45) is 23.2 Å². The standard InChI is InChI=1S/C25H29N3O2/c1-16-5-7-20(8-6-16)23(29)28-22(24(30)27-21-4-2-3-9-26-21)25-13-17-10-18(14-25)12-19(11-17)15-25/h2-9,17-19,22H,10-15H2,1H3,(H,28,29)(H,26,27,30). The Hall–Kier alpha value is -2.69. The highest BCUT2D eigenvalue weighted by molar-refractivity contribution is 6.01. The summed E-state index contributed by atoms with van der Waals surface area (Å²) in [7, 11) is 0. The van der Waals surface area contributed by atoms with Crippen LogP contribution in [0.5, 0.6) is 0 Å². The van der Waals surface area contributed by atoms with Gasteiger partial charge < -0.3 is 10.6 Å². The lowest BCUT2D eigenvalue weighted by atomic mass is 9.47. The Morgan fingerprint density at radius 1 is 0.967 bits per heavy atom. The summed E-state index contributed by atoms with van der Waals surface area (Å²) >= 11 is 0. The predicted octanol–water partition coefficient (Wildman–Crippen LogP) is 4.34. The average Bonchev–Trinajstić information content (AvgIpc) is 2.72. The van der Waals surface area contributed by atoms with Gasteiger partial charge in [-0.15, -0.1) is 0 Å². The highest BCUT2D eigenvalue weighted by atomic mass is 16.2. The molecule has 2 N–H and O–H groups in total. The molecule has 1 atom stereocenters. The van der Waals surface area contributed by atoms with Crippen LogP contribution in [0.4, 0.5) is 5.82 Å². The zero-order chi connectivity index (χ0) is 20.7. The van der Waals surface area contributed by atoms with Crippen molar-refractivity contribution < 1.29 is 9.59 Å². The maximum absolute atomic E-state index is 13.5. The smallest absolute Gasteiger partial charge is 0.251 e. The topological polar surface area (TPSA) is 71.1 Å². The van der Waals surface area contributed by atoms with Gasteiger partial charge in [-0.2, -0.15) is 0 Å². The van der Waals surface area contributed by atoms with Crippen LogP contribution in [-0.4, -0.2) is 22.8 Å². The molecule has 30 heavy (non-hydrogen) atoms. The molecule has 1 unspecified atom stereocenters. The number of hydrogen-bond donors (Lipinski definition) is 2. The second-order valence-corrected chi connectivity index (χ2v) is 9.76. The van der Waals surface area contributed by atoms with E-state index in [2.05, 4.69) is 15.6 Å². The minimum Gasteiger partial charge on any atom is -0.340 e. The van der Waals surface area contributed by atoms with Crippen molar-refractivity contribution in [3.8, 4) is 0 Å². The SMILES string of the molecule is Cc1ccc(C(=O)NC(C(=O)Nc2ccccn2)C23CC4CC(CC(C4)C2)C3)cc1. The number of anilines is 1. The molecule has 6 rings (SSSR count). The van der Waals surface area contributed by atoms with Crippen molar-refractivity contribution in [2.45, 2.75) is 51.5 Å². The number of carbonyl (C=O) groups excluding carboxylic acids is 2. The molecule has 4 bridgehead atoms. The largest absolute Gasteiger partial charge is 0.340 e. The third kappa shape index (κ3) is 3.62. The monoisotopic (exact) mass is 403 g/mol. The van der Waals surface area contributed by atoms with Gasteiger partial charge in [-0.3, -0.25) is 9.59 Å². The number of nitrogens with zero attached hydrogens (tertiary/aromatic N) is 1. The Kier molecular flexibility index (Phi) is 4.84. The van der Waals surface area contributed by atoms with Crippen LogP contribution in [0.2, 0.25) is 0 Å². The molecule has 156 valence electrons. The van der Waals surface area contributed by atoms with E-state index in [1.54, 1.807) is 12.3 Å². The van der Waals surface area contributed by atoms with Gasteiger partial charge >= 0.3 is 0 Å². The molecule has 0 spiro atoms. The summed E-state index contributed by atoms with van der Waals surface area (Å²) in [6.45, 7) is 2.00. The summed E-state index contributed by atoms with van der Waals surface area (Å²) in [5.74, 6) is 2.29. The number of pyridine rings is 1. The molecule has 5 heteroatoms. The Balaban J connectivity index is 1.44. The number of benzene rings is 1. The number of rotatable bonds is 5. The first-order chi connectivity index (χ1) is 14.5. The minimum atomic E-state index is -0.540. The van der Waals surface area contributed by atoms with Gasteiger partial charge in [-0.05, 0) is 87.5 Å². The van der Waals surface area contributed by atoms with Gasteiger partial charge in [0.05, 0.1) is 0 Å². The van der Waals surface area contributed by atoms with Crippen molar-refractivity contribution in [1.82, 2.24) is 10.3 Å². The maximum Gasteiger partial charge on any atom is 0.251 e. The van der Waals surface area contributed by atoms with Gasteiger partial charge in [-0.25, -0.2) is 4.98 Å². The van der Waals surface area contributed by atoms with E-state index in [1.807, 2.05) is 43.3 Å². The number of nitrogens with one attached hydrogen (secondary N) is 2. The van der Waals surface area contributed by atoms with Gasteiger partial charge in [-0.1, -0.05) is 23.8 Å². The van der Waals surface area contributed by atoms with E-state index in [-0.39, 0.29) is 17.2 Å². The van der Waals surface area contributed by atoms with Gasteiger partial charge in [0, 0.05) is 17.2 Å². The lowest BCUT2D eigenvalue weighted by Gasteiger charge is -2.58. The van der Waals surface area contributed by atoms with Crippen molar-refractivity contribution >= 4 is 17.6 Å². The quantitative estimate of drug-likeness (QED) is 0.780. The highest BCUT2D eigenvalue weighted by Gasteiger charge is 2.56. The van der Waals surface area contributed by atoms with Crippen LogP contribution in [0.25, 0.3) is 0 Å². The third-order valence-electron chi connectivity index (χ3n) is 7.47. The minimum absolute atomic E-state index is 0.142. The Labute approximate surface area is 177 Å². The molecule has 4 aliphatic carbocycles. The summed E-state index contributed by atoms with van der Waals surface area (Å²) in [6, 6.07) is 12.5. The molecule has 1 aromatic carbocycles. The maximum atomic E-state index is 13.5. The van der Waals surface area contributed by atoms with Crippen molar-refractivity contribution in [3.63, 3.8) is 0 Å². The molecule has 4 aliphatic rings. The van der Waals surface area contributed by atoms with Gasteiger partial charge in [0.2, 0.25) is 5.91 Å². The summed E-state index contributed by atoms with van der Waals surface area (Å²) in [6.07, 6.45) is 8.65. The zero-order valence-corrected chi connectivity index (χ0v) is 17.4. The fourth-order valence-electron chi connectivity index (χ4n) is 6.58. The fourth-order valence-corrected chi connectivity index (χ4v) is 6.58. The van der Waals surface area contributed by atoms with Crippen molar-refractivity contribution in [1.29, 1.82) is 0 Å². The van der Waals surface area contributed by atoms with Crippen LogP contribution in [0.3, 0.4) is 0 Å². The van der Waals surface area contributed by atoms with E-state index in [9.17, 15) is 9.59 Å². The summed E-state index contributed by atoms with van der Waals surface area (Å²) in [4.78, 5) is 30.8. The molecule has 4 saturated carbocycles. The van der Waals surface area contributed by atoms with Gasteiger partial charge in [0.15, 0.2) is 0 Å². The van der Waals surface area contributed by atoms with Crippen LogP contribution in [-0.2, 0) is 4.79 Å². The van der Waals surface area contributed by atoms with Gasteiger partial charge in [0.25, 0.3) is 5.91 Å². The normalized spacial score (nSPS) is 30.0. The molecule has 5 nitrogen and oxygen atoms in total. The van der Waals surface area contributed by atoms with Crippen molar-refractivity contribution in [2.75, 3.05) is 5.32 Å². The van der Waals surface area contributed by atoms with Gasteiger partial charge in [0.1, 0.15) is 11.9 Å². The molecule has 2 amide bonds. The van der Waals surface area contributed by atoms with Crippen LogP contribution in [0.1, 0.15) is 54.4 Å².